The van der Waals surface area contributed by atoms with Crippen LogP contribution < -0.4 is 4.72 Å². The second kappa shape index (κ2) is 4.93. The van der Waals surface area contributed by atoms with Gasteiger partial charge >= 0.3 is 5.97 Å². The molecule has 9 heteroatoms. The van der Waals surface area contributed by atoms with Crippen LogP contribution in [-0.2, 0) is 10.0 Å². The number of hydrogen-bond acceptors (Lipinski definition) is 5. The van der Waals surface area contributed by atoms with Crippen LogP contribution in [-0.4, -0.2) is 34.7 Å². The Labute approximate surface area is 114 Å². The molecule has 3 N–H and O–H groups in total. The number of aryl methyl sites for hydroxylation is 2. The lowest BCUT2D eigenvalue weighted by Crippen LogP contribution is -2.17. The number of sulfonamides is 1. The molecular weight excluding hydrogens is 284 g/mol. The summed E-state index contributed by atoms with van der Waals surface area (Å²) in [7, 11) is -3.93. The number of carboxylic acids is 1. The molecule has 2 aromatic heterocycles. The van der Waals surface area contributed by atoms with E-state index >= 15 is 0 Å². The molecule has 0 atom stereocenters. The predicted molar refractivity (Wildman–Crippen MR) is 70.1 cm³/mol. The second-order valence-electron chi connectivity index (χ2n) is 4.10. The van der Waals surface area contributed by atoms with Gasteiger partial charge in [-0.3, -0.25) is 14.8 Å². The highest BCUT2D eigenvalue weighted by Gasteiger charge is 2.24. The number of nitrogens with zero attached hydrogens (tertiary/aromatic N) is 2. The van der Waals surface area contributed by atoms with Gasteiger partial charge in [0.2, 0.25) is 0 Å². The summed E-state index contributed by atoms with van der Waals surface area (Å²) in [4.78, 5) is 14.8. The summed E-state index contributed by atoms with van der Waals surface area (Å²) in [5, 5.41) is 15.4. The number of carbonyl (C=O) groups is 1. The Morgan fingerprint density at radius 1 is 1.40 bits per heavy atom. The van der Waals surface area contributed by atoms with Crippen LogP contribution in [0.25, 0.3) is 0 Å². The van der Waals surface area contributed by atoms with Crippen LogP contribution in [0.5, 0.6) is 0 Å². The number of anilines is 1. The predicted octanol–water partition coefficient (Wildman–Crippen LogP) is 0.921. The van der Waals surface area contributed by atoms with Gasteiger partial charge < -0.3 is 5.11 Å². The number of hydrogen-bond donors (Lipinski definition) is 3. The van der Waals surface area contributed by atoms with Crippen LogP contribution in [0, 0.1) is 13.8 Å². The molecule has 0 aliphatic rings. The summed E-state index contributed by atoms with van der Waals surface area (Å²) >= 11 is 0. The van der Waals surface area contributed by atoms with Crippen molar-refractivity contribution in [3.8, 4) is 0 Å². The van der Waals surface area contributed by atoms with Crippen molar-refractivity contribution in [1.29, 1.82) is 0 Å². The minimum Gasteiger partial charge on any atom is -0.478 e. The van der Waals surface area contributed by atoms with E-state index in [1.807, 2.05) is 0 Å². The fourth-order valence-electron chi connectivity index (χ4n) is 1.79. The Balaban J connectivity index is 2.47. The second-order valence-corrected chi connectivity index (χ2v) is 5.71. The molecule has 0 saturated heterocycles. The fraction of sp³-hybridized carbons (Fsp3) is 0.182. The molecule has 8 nitrogen and oxygen atoms in total. The highest BCUT2D eigenvalue weighted by atomic mass is 32.2. The van der Waals surface area contributed by atoms with Crippen LogP contribution in [0.1, 0.15) is 21.7 Å². The van der Waals surface area contributed by atoms with Crippen LogP contribution in [0.3, 0.4) is 0 Å². The summed E-state index contributed by atoms with van der Waals surface area (Å²) in [6, 6.07) is 1.22. The maximum atomic E-state index is 12.3. The number of rotatable bonds is 4. The minimum absolute atomic E-state index is 0.00214. The molecular formula is C11H12N4O4S. The lowest BCUT2D eigenvalue weighted by Gasteiger charge is -2.09. The Kier molecular flexibility index (Phi) is 3.45. The normalized spacial score (nSPS) is 11.3. The van der Waals surface area contributed by atoms with E-state index in [1.54, 1.807) is 13.8 Å². The van der Waals surface area contributed by atoms with Crippen molar-refractivity contribution in [1.82, 2.24) is 15.2 Å². The molecule has 106 valence electrons. The first-order chi connectivity index (χ1) is 9.33. The lowest BCUT2D eigenvalue weighted by molar-refractivity contribution is 0.0698. The third kappa shape index (κ3) is 2.48. The van der Waals surface area contributed by atoms with E-state index in [1.165, 1.54) is 12.3 Å². The van der Waals surface area contributed by atoms with Crippen molar-refractivity contribution in [3.63, 3.8) is 0 Å². The van der Waals surface area contributed by atoms with Crippen LogP contribution >= 0.6 is 0 Å². The van der Waals surface area contributed by atoms with E-state index < -0.39 is 16.0 Å². The largest absolute Gasteiger partial charge is 0.478 e. The van der Waals surface area contributed by atoms with E-state index in [9.17, 15) is 13.2 Å². The Hall–Kier alpha value is -2.42. The summed E-state index contributed by atoms with van der Waals surface area (Å²) in [6.07, 6.45) is 2.42. The summed E-state index contributed by atoms with van der Waals surface area (Å²) < 4.78 is 26.8. The number of aromatic carboxylic acids is 1. The Morgan fingerprint density at radius 2 is 2.10 bits per heavy atom. The van der Waals surface area contributed by atoms with Gasteiger partial charge in [0.15, 0.2) is 0 Å². The highest BCUT2D eigenvalue weighted by Crippen LogP contribution is 2.22. The summed E-state index contributed by atoms with van der Waals surface area (Å²) in [5.74, 6) is -1.24. The number of pyridine rings is 1. The minimum atomic E-state index is -3.93. The number of H-pyrrole nitrogens is 1. The van der Waals surface area contributed by atoms with E-state index in [0.717, 1.165) is 6.20 Å². The van der Waals surface area contributed by atoms with Gasteiger partial charge in [0, 0.05) is 6.20 Å². The number of aromatic nitrogens is 3. The quantitative estimate of drug-likeness (QED) is 0.770. The molecule has 2 heterocycles. The third-order valence-corrected chi connectivity index (χ3v) is 4.25. The molecule has 0 aliphatic heterocycles. The molecule has 0 spiro atoms. The van der Waals surface area contributed by atoms with Gasteiger partial charge in [0.05, 0.1) is 28.8 Å². The van der Waals surface area contributed by atoms with E-state index in [4.69, 9.17) is 5.11 Å². The maximum Gasteiger partial charge on any atom is 0.337 e. The summed E-state index contributed by atoms with van der Waals surface area (Å²) in [5.41, 5.74) is 0.397. The molecule has 0 saturated carbocycles. The first-order valence-electron chi connectivity index (χ1n) is 5.54. The number of aromatic amines is 1. The first-order valence-corrected chi connectivity index (χ1v) is 7.03. The van der Waals surface area contributed by atoms with E-state index in [0.29, 0.717) is 11.4 Å². The fourth-order valence-corrected chi connectivity index (χ4v) is 3.23. The number of carboxylic acid groups (broad SMARTS) is 1. The maximum absolute atomic E-state index is 12.3. The first kappa shape index (κ1) is 14.0. The van der Waals surface area contributed by atoms with Gasteiger partial charge in [-0.15, -0.1) is 0 Å². The number of nitrogens with one attached hydrogen (secondary N) is 2. The van der Waals surface area contributed by atoms with Gasteiger partial charge in [0.1, 0.15) is 4.90 Å². The van der Waals surface area contributed by atoms with Gasteiger partial charge in [-0.2, -0.15) is 5.10 Å². The van der Waals surface area contributed by atoms with E-state index in [2.05, 4.69) is 19.9 Å². The smallest absolute Gasteiger partial charge is 0.337 e. The van der Waals surface area contributed by atoms with Crippen molar-refractivity contribution >= 4 is 21.7 Å². The van der Waals surface area contributed by atoms with Gasteiger partial charge in [-0.05, 0) is 19.9 Å². The Bertz CT molecular complexity index is 747. The molecule has 20 heavy (non-hydrogen) atoms. The zero-order valence-electron chi connectivity index (χ0n) is 10.7. The van der Waals surface area contributed by atoms with Crippen molar-refractivity contribution < 1.29 is 18.3 Å². The van der Waals surface area contributed by atoms with Gasteiger partial charge in [-0.1, -0.05) is 0 Å². The lowest BCUT2D eigenvalue weighted by atomic mass is 10.2. The average Bonchev–Trinajstić information content (AvgIpc) is 2.69. The molecule has 0 aromatic carbocycles. The Morgan fingerprint density at radius 3 is 2.65 bits per heavy atom. The molecule has 0 bridgehead atoms. The van der Waals surface area contributed by atoms with Crippen molar-refractivity contribution in [2.45, 2.75) is 18.7 Å². The zero-order valence-corrected chi connectivity index (χ0v) is 11.5. The van der Waals surface area contributed by atoms with Crippen LogP contribution in [0.4, 0.5) is 5.69 Å². The standard InChI is InChI=1S/C11H12N4O4S/c1-6-10(7(2)14-13-6)20(18,19)15-9-5-12-4-3-8(9)11(16)17/h3-5,15H,1-2H3,(H,13,14)(H,16,17). The third-order valence-electron chi connectivity index (χ3n) is 2.63. The van der Waals surface area contributed by atoms with Crippen molar-refractivity contribution in [2.75, 3.05) is 4.72 Å². The average molecular weight is 296 g/mol. The topological polar surface area (TPSA) is 125 Å². The van der Waals surface area contributed by atoms with Gasteiger partial charge in [-0.25, -0.2) is 13.2 Å². The SMILES string of the molecule is Cc1n[nH]c(C)c1S(=O)(=O)Nc1cnccc1C(=O)O. The van der Waals surface area contributed by atoms with Crippen LogP contribution in [0.2, 0.25) is 0 Å². The van der Waals surface area contributed by atoms with E-state index in [-0.39, 0.29) is 16.1 Å². The molecule has 0 fully saturated rings. The molecule has 0 unspecified atom stereocenters. The molecule has 0 amide bonds. The molecule has 2 aromatic rings. The van der Waals surface area contributed by atoms with Crippen LogP contribution in [0.15, 0.2) is 23.4 Å². The molecule has 2 rings (SSSR count). The van der Waals surface area contributed by atoms with Crippen molar-refractivity contribution in [3.05, 3.63) is 35.4 Å². The highest BCUT2D eigenvalue weighted by molar-refractivity contribution is 7.92. The molecule has 0 aliphatic carbocycles. The van der Waals surface area contributed by atoms with Gasteiger partial charge in [0.25, 0.3) is 10.0 Å². The zero-order chi connectivity index (χ0) is 14.9. The molecule has 0 radical (unpaired) electrons. The monoisotopic (exact) mass is 296 g/mol. The van der Waals surface area contributed by atoms with Crippen molar-refractivity contribution in [2.24, 2.45) is 0 Å². The summed E-state index contributed by atoms with van der Waals surface area (Å²) in [6.45, 7) is 3.11.